The number of halogens is 2. The van der Waals surface area contributed by atoms with Gasteiger partial charge in [-0.25, -0.2) is 5.57 Å². The molecule has 0 radical (unpaired) electrons. The Morgan fingerprint density at radius 1 is 0.931 bits per heavy atom. The van der Waals surface area contributed by atoms with Crippen molar-refractivity contribution in [1.82, 2.24) is 0 Å². The first kappa shape index (κ1) is 30.1. The predicted molar refractivity (Wildman–Crippen MR) is 132 cm³/mol. The zero-order chi connectivity index (χ0) is 18.6. The van der Waals surface area contributed by atoms with Crippen LogP contribution in [0.2, 0.25) is 0 Å². The number of hydrogen-bond donors (Lipinski definition) is 0. The van der Waals surface area contributed by atoms with E-state index in [9.17, 15) is 0 Å². The molecular formula is C26H31Cl2Zr-3. The largest absolute Gasteiger partial charge is 0.168 e. The maximum absolute atomic E-state index is 3.33. The fourth-order valence-electron chi connectivity index (χ4n) is 2.86. The molecule has 0 N–H and O–H groups in total. The molecule has 0 atom stereocenters. The van der Waals surface area contributed by atoms with Crippen molar-refractivity contribution in [3.63, 3.8) is 0 Å². The van der Waals surface area contributed by atoms with Gasteiger partial charge in [-0.2, -0.15) is 29.2 Å². The van der Waals surface area contributed by atoms with Crippen LogP contribution in [0.4, 0.5) is 0 Å². The van der Waals surface area contributed by atoms with Crippen molar-refractivity contribution in [2.45, 2.75) is 33.1 Å². The van der Waals surface area contributed by atoms with Gasteiger partial charge in [-0.3, -0.25) is 6.08 Å². The summed E-state index contributed by atoms with van der Waals surface area (Å²) in [7, 11) is 0. The first-order valence-electron chi connectivity index (χ1n) is 9.23. The van der Waals surface area contributed by atoms with E-state index < -0.39 is 0 Å². The van der Waals surface area contributed by atoms with Gasteiger partial charge in [0.2, 0.25) is 0 Å². The van der Waals surface area contributed by atoms with Gasteiger partial charge in [-0.1, -0.05) is 32.8 Å². The summed E-state index contributed by atoms with van der Waals surface area (Å²) >= 11 is 1.46. The summed E-state index contributed by atoms with van der Waals surface area (Å²) in [6, 6.07) is 25.0. The first-order valence-corrected chi connectivity index (χ1v) is 10.7. The maximum atomic E-state index is 3.33. The Hall–Kier alpha value is -1.14. The molecule has 0 aromatic heterocycles. The molecular weight excluding hydrogens is 474 g/mol. The van der Waals surface area contributed by atoms with E-state index >= 15 is 0 Å². The second-order valence-corrected chi connectivity index (χ2v) is 6.72. The Labute approximate surface area is 204 Å². The first-order chi connectivity index (χ1) is 12.8. The van der Waals surface area contributed by atoms with Crippen molar-refractivity contribution in [3.8, 4) is 0 Å². The summed E-state index contributed by atoms with van der Waals surface area (Å²) in [5, 5.41) is 2.66. The second-order valence-electron chi connectivity index (χ2n) is 6.01. The average molecular weight is 506 g/mol. The second kappa shape index (κ2) is 17.7. The van der Waals surface area contributed by atoms with E-state index in [1.54, 1.807) is 0 Å². The van der Waals surface area contributed by atoms with Crippen molar-refractivity contribution >= 4 is 39.3 Å². The third-order valence-corrected chi connectivity index (χ3v) is 5.12. The van der Waals surface area contributed by atoms with Gasteiger partial charge in [-0.15, -0.1) is 60.9 Å². The minimum absolute atomic E-state index is 0. The molecule has 3 aromatic rings. The molecule has 3 heteroatoms. The monoisotopic (exact) mass is 503 g/mol. The van der Waals surface area contributed by atoms with Crippen LogP contribution in [-0.4, -0.2) is 3.71 Å². The van der Waals surface area contributed by atoms with Gasteiger partial charge in [0.05, 0.1) is 0 Å². The summed E-state index contributed by atoms with van der Waals surface area (Å²) < 4.78 is 2.17. The third kappa shape index (κ3) is 10.5. The number of benzene rings is 2. The third-order valence-electron chi connectivity index (χ3n) is 4.30. The molecule has 0 amide bonds. The molecule has 0 aliphatic heterocycles. The Balaban J connectivity index is 0. The van der Waals surface area contributed by atoms with E-state index in [2.05, 4.69) is 96.4 Å². The van der Waals surface area contributed by atoms with Crippen LogP contribution >= 0.6 is 24.8 Å². The molecule has 4 rings (SSSR count). The van der Waals surface area contributed by atoms with Crippen LogP contribution in [0.5, 0.6) is 0 Å². The van der Waals surface area contributed by atoms with Crippen molar-refractivity contribution in [2.75, 3.05) is 0 Å². The molecule has 156 valence electrons. The van der Waals surface area contributed by atoms with Gasteiger partial charge in [0, 0.05) is 0 Å². The van der Waals surface area contributed by atoms with E-state index in [1.165, 1.54) is 58.1 Å². The molecule has 0 bridgehead atoms. The smallest absolute Gasteiger partial charge is 0.0809 e. The molecule has 29 heavy (non-hydrogen) atoms. The minimum Gasteiger partial charge on any atom is -0.168 e. The Morgan fingerprint density at radius 3 is 2.10 bits per heavy atom. The van der Waals surface area contributed by atoms with E-state index in [0.717, 1.165) is 12.8 Å². The average Bonchev–Trinajstić information content (AvgIpc) is 3.38. The Kier molecular flexibility index (Phi) is 18.3. The molecule has 1 aliphatic carbocycles. The summed E-state index contributed by atoms with van der Waals surface area (Å²) in [4.78, 5) is 0. The molecule has 0 saturated carbocycles. The summed E-state index contributed by atoms with van der Waals surface area (Å²) in [5.74, 6) is 0. The standard InChI is InChI=1S/C9H7.C9H13.C7H6.CH3.2ClH.Zr/c1-2-5-9-7-3-6-8(9)4-1;1-3-8-6-5-7-9(8)4-2;1-7-5-3-2-4-6-7;;;;/h1-7H;6H,3-5H2,1-2H3;1-6H;1H3;2*1H;/q2*-1;;-1;;;. The van der Waals surface area contributed by atoms with Crippen LogP contribution in [0.1, 0.15) is 38.7 Å². The van der Waals surface area contributed by atoms with Crippen molar-refractivity contribution in [3.05, 3.63) is 109 Å². The minimum atomic E-state index is 0. The number of fused-ring (bicyclic) bond motifs is 1. The molecule has 1 aliphatic rings. The molecule has 0 fully saturated rings. The van der Waals surface area contributed by atoms with E-state index in [1.807, 2.05) is 6.07 Å². The normalized spacial score (nSPS) is 10.9. The van der Waals surface area contributed by atoms with Gasteiger partial charge >= 0.3 is 63.8 Å². The van der Waals surface area contributed by atoms with Crippen LogP contribution in [0, 0.1) is 13.5 Å². The number of allylic oxidation sites excluding steroid dienone is 4. The van der Waals surface area contributed by atoms with E-state index in [4.69, 9.17) is 0 Å². The summed E-state index contributed by atoms with van der Waals surface area (Å²) in [5.41, 5.74) is 4.28. The Morgan fingerprint density at radius 2 is 1.59 bits per heavy atom. The van der Waals surface area contributed by atoms with Crippen LogP contribution in [0.25, 0.3) is 10.8 Å². The van der Waals surface area contributed by atoms with Crippen molar-refractivity contribution in [2.24, 2.45) is 0 Å². The molecule has 0 heterocycles. The number of rotatable bonds is 3. The molecule has 3 aromatic carbocycles. The van der Waals surface area contributed by atoms with Crippen LogP contribution < -0.4 is 0 Å². The van der Waals surface area contributed by atoms with E-state index in [0.29, 0.717) is 0 Å². The van der Waals surface area contributed by atoms with Gasteiger partial charge in [0.1, 0.15) is 0 Å². The van der Waals surface area contributed by atoms with Gasteiger partial charge in [0.25, 0.3) is 0 Å². The van der Waals surface area contributed by atoms with Gasteiger partial charge < -0.3 is 7.43 Å². The fraction of sp³-hybridized carbons (Fsp3) is 0.192. The van der Waals surface area contributed by atoms with Crippen molar-refractivity contribution in [1.29, 1.82) is 0 Å². The Bertz CT molecular complexity index is 812. The SMILES string of the molecule is CCC1=[C-]CC=C1CC.Cl.Cl.[CH3-].[Zr]=[CH]c1ccccc1.c1ccc2[cH-]ccc2c1. The fourth-order valence-corrected chi connectivity index (χ4v) is 3.34. The quantitative estimate of drug-likeness (QED) is 0.316. The summed E-state index contributed by atoms with van der Waals surface area (Å²) in [6.45, 7) is 4.39. The van der Waals surface area contributed by atoms with Crippen LogP contribution in [0.3, 0.4) is 0 Å². The topological polar surface area (TPSA) is 0 Å². The zero-order valence-corrected chi connectivity index (χ0v) is 21.6. The van der Waals surface area contributed by atoms with Crippen LogP contribution in [-0.2, 0) is 24.2 Å². The van der Waals surface area contributed by atoms with Gasteiger partial charge in [0.15, 0.2) is 0 Å². The zero-order valence-electron chi connectivity index (χ0n) is 17.5. The molecule has 0 saturated heterocycles. The molecule has 0 spiro atoms. The van der Waals surface area contributed by atoms with Crippen LogP contribution in [0.15, 0.2) is 90.0 Å². The molecule has 0 nitrogen and oxygen atoms in total. The molecule has 0 unspecified atom stereocenters. The van der Waals surface area contributed by atoms with E-state index in [-0.39, 0.29) is 32.2 Å². The summed E-state index contributed by atoms with van der Waals surface area (Å²) in [6.07, 6.45) is 8.99. The number of hydrogen-bond acceptors (Lipinski definition) is 0. The van der Waals surface area contributed by atoms with Gasteiger partial charge in [-0.05, 0) is 0 Å². The van der Waals surface area contributed by atoms with Crippen molar-refractivity contribution < 1.29 is 24.2 Å². The maximum Gasteiger partial charge on any atom is -0.0809 e. The predicted octanol–water partition coefficient (Wildman–Crippen LogP) is 8.10.